The molecule has 0 spiro atoms. The van der Waals surface area contributed by atoms with Crippen molar-refractivity contribution < 1.29 is 27.1 Å². The zero-order valence-corrected chi connectivity index (χ0v) is 20.0. The summed E-state index contributed by atoms with van der Waals surface area (Å²) in [7, 11) is 0. The molecule has 1 aromatic carbocycles. The first-order chi connectivity index (χ1) is 15.0. The molecule has 178 valence electrons. The van der Waals surface area contributed by atoms with Crippen LogP contribution >= 0.6 is 24.0 Å². The molecule has 1 atom stereocenters. The largest absolute Gasteiger partial charge is 0.469 e. The lowest BCUT2D eigenvalue weighted by Crippen LogP contribution is -2.40. The Bertz CT molecular complexity index is 793. The average Bonchev–Trinajstić information content (AvgIpc) is 3.44. The van der Waals surface area contributed by atoms with Crippen LogP contribution in [0.15, 0.2) is 52.1 Å². The standard InChI is InChI=1S/C22H28F3N3O3.HI/c23-22(24,25)16-30-14-18-5-3-17(4-6-18)12-27-21(28-13-19-8-11-29-15-19)26-9-7-20-2-1-10-31-20;/h1-6,10,19H,7-9,11-16H2,(H2,26,27,28);1H. The summed E-state index contributed by atoms with van der Waals surface area (Å²) >= 11 is 0. The van der Waals surface area contributed by atoms with Crippen LogP contribution in [0, 0.1) is 5.92 Å². The summed E-state index contributed by atoms with van der Waals surface area (Å²) in [6.45, 7) is 2.13. The smallest absolute Gasteiger partial charge is 0.411 e. The van der Waals surface area contributed by atoms with E-state index in [0.717, 1.165) is 43.9 Å². The van der Waals surface area contributed by atoms with E-state index in [9.17, 15) is 13.2 Å². The fourth-order valence-electron chi connectivity index (χ4n) is 3.11. The zero-order chi connectivity index (χ0) is 21.9. The van der Waals surface area contributed by atoms with Gasteiger partial charge in [0.05, 0.1) is 26.0 Å². The maximum Gasteiger partial charge on any atom is 0.411 e. The van der Waals surface area contributed by atoms with Crippen molar-refractivity contribution in [3.05, 3.63) is 59.5 Å². The molecule has 6 nitrogen and oxygen atoms in total. The van der Waals surface area contributed by atoms with Crippen LogP contribution in [-0.4, -0.2) is 45.0 Å². The van der Waals surface area contributed by atoms with E-state index in [-0.39, 0.29) is 30.6 Å². The third kappa shape index (κ3) is 10.2. The molecule has 32 heavy (non-hydrogen) atoms. The van der Waals surface area contributed by atoms with Gasteiger partial charge in [0, 0.05) is 32.0 Å². The number of nitrogens with one attached hydrogen (secondary N) is 2. The third-order valence-electron chi connectivity index (χ3n) is 4.80. The summed E-state index contributed by atoms with van der Waals surface area (Å²) in [4.78, 5) is 4.64. The number of hydrogen-bond donors (Lipinski definition) is 2. The van der Waals surface area contributed by atoms with Crippen molar-refractivity contribution in [2.45, 2.75) is 32.2 Å². The second-order valence-electron chi connectivity index (χ2n) is 7.46. The highest BCUT2D eigenvalue weighted by molar-refractivity contribution is 14.0. The predicted molar refractivity (Wildman–Crippen MR) is 126 cm³/mol. The number of aliphatic imine (C=N–C) groups is 1. The van der Waals surface area contributed by atoms with Gasteiger partial charge in [-0.3, -0.25) is 0 Å². The highest BCUT2D eigenvalue weighted by Gasteiger charge is 2.27. The molecule has 0 bridgehead atoms. The van der Waals surface area contributed by atoms with E-state index in [1.54, 1.807) is 18.4 Å². The van der Waals surface area contributed by atoms with Gasteiger partial charge in [-0.1, -0.05) is 24.3 Å². The van der Waals surface area contributed by atoms with Crippen LogP contribution in [0.1, 0.15) is 23.3 Å². The lowest BCUT2D eigenvalue weighted by Gasteiger charge is -2.15. The molecule has 0 radical (unpaired) electrons. The number of ether oxygens (including phenoxy) is 2. The molecule has 1 aliphatic heterocycles. The molecule has 1 unspecified atom stereocenters. The van der Waals surface area contributed by atoms with Crippen molar-refractivity contribution in [2.24, 2.45) is 10.9 Å². The van der Waals surface area contributed by atoms with Gasteiger partial charge < -0.3 is 24.5 Å². The summed E-state index contributed by atoms with van der Waals surface area (Å²) in [6, 6.07) is 11.0. The molecule has 1 fully saturated rings. The van der Waals surface area contributed by atoms with E-state index in [0.29, 0.717) is 30.5 Å². The van der Waals surface area contributed by atoms with Crippen molar-refractivity contribution in [1.82, 2.24) is 10.6 Å². The van der Waals surface area contributed by atoms with Crippen LogP contribution in [0.25, 0.3) is 0 Å². The van der Waals surface area contributed by atoms with Gasteiger partial charge in [-0.15, -0.1) is 24.0 Å². The summed E-state index contributed by atoms with van der Waals surface area (Å²) in [5.41, 5.74) is 1.64. The minimum atomic E-state index is -4.31. The lowest BCUT2D eigenvalue weighted by molar-refractivity contribution is -0.176. The zero-order valence-electron chi connectivity index (χ0n) is 17.7. The number of benzene rings is 1. The minimum Gasteiger partial charge on any atom is -0.469 e. The van der Waals surface area contributed by atoms with Gasteiger partial charge in [0.25, 0.3) is 0 Å². The Labute approximate surface area is 203 Å². The fourth-order valence-corrected chi connectivity index (χ4v) is 3.11. The molecule has 2 N–H and O–H groups in total. The number of hydrogen-bond acceptors (Lipinski definition) is 4. The number of alkyl halides is 3. The maximum absolute atomic E-state index is 12.2. The Morgan fingerprint density at radius 1 is 1.12 bits per heavy atom. The molecule has 1 aliphatic rings. The first-order valence-electron chi connectivity index (χ1n) is 10.3. The monoisotopic (exact) mass is 567 g/mol. The molecule has 1 saturated heterocycles. The van der Waals surface area contributed by atoms with Crippen molar-refractivity contribution >= 4 is 29.9 Å². The Balaban J connectivity index is 0.00000363. The molecule has 0 amide bonds. The van der Waals surface area contributed by atoms with E-state index >= 15 is 0 Å². The van der Waals surface area contributed by atoms with Gasteiger partial charge >= 0.3 is 6.18 Å². The van der Waals surface area contributed by atoms with Gasteiger partial charge in [0.1, 0.15) is 12.4 Å². The third-order valence-corrected chi connectivity index (χ3v) is 4.80. The van der Waals surface area contributed by atoms with Crippen molar-refractivity contribution in [3.63, 3.8) is 0 Å². The Morgan fingerprint density at radius 2 is 1.91 bits per heavy atom. The number of nitrogens with zero attached hydrogens (tertiary/aromatic N) is 1. The second-order valence-corrected chi connectivity index (χ2v) is 7.46. The first-order valence-corrected chi connectivity index (χ1v) is 10.3. The van der Waals surface area contributed by atoms with Gasteiger partial charge in [-0.25, -0.2) is 4.99 Å². The Morgan fingerprint density at radius 3 is 2.56 bits per heavy atom. The molecule has 0 saturated carbocycles. The van der Waals surface area contributed by atoms with Crippen LogP contribution < -0.4 is 10.6 Å². The lowest BCUT2D eigenvalue weighted by atomic mass is 10.1. The number of rotatable bonds is 10. The SMILES string of the molecule is FC(F)(F)COCc1ccc(CN=C(NCCc2ccco2)NCC2CCOC2)cc1.I. The Kier molecular flexibility index (Phi) is 11.3. The minimum absolute atomic E-state index is 0. The average molecular weight is 567 g/mol. The van der Waals surface area contributed by atoms with Crippen molar-refractivity contribution in [2.75, 3.05) is 32.9 Å². The van der Waals surface area contributed by atoms with Crippen molar-refractivity contribution in [1.29, 1.82) is 0 Å². The van der Waals surface area contributed by atoms with Crippen molar-refractivity contribution in [3.8, 4) is 0 Å². The molecule has 2 heterocycles. The van der Waals surface area contributed by atoms with Gasteiger partial charge in [-0.05, 0) is 29.7 Å². The molecular weight excluding hydrogens is 538 g/mol. The van der Waals surface area contributed by atoms with Crippen LogP contribution in [0.3, 0.4) is 0 Å². The van der Waals surface area contributed by atoms with Gasteiger partial charge in [0.2, 0.25) is 0 Å². The summed E-state index contributed by atoms with van der Waals surface area (Å²) in [5, 5.41) is 6.68. The van der Waals surface area contributed by atoms with Crippen LogP contribution in [0.4, 0.5) is 13.2 Å². The Hall–Kier alpha value is -1.79. The van der Waals surface area contributed by atoms with Crippen LogP contribution in [0.2, 0.25) is 0 Å². The molecule has 10 heteroatoms. The predicted octanol–water partition coefficient (Wildman–Crippen LogP) is 4.29. The number of guanidine groups is 1. The molecule has 3 rings (SSSR count). The second kappa shape index (κ2) is 13.7. The molecular formula is C22H29F3IN3O3. The fraction of sp³-hybridized carbons (Fsp3) is 0.500. The van der Waals surface area contributed by atoms with Gasteiger partial charge in [-0.2, -0.15) is 13.2 Å². The summed E-state index contributed by atoms with van der Waals surface area (Å²) in [5.74, 6) is 2.07. The number of furan rings is 1. The number of halogens is 4. The quantitative estimate of drug-likeness (QED) is 0.255. The highest BCUT2D eigenvalue weighted by atomic mass is 127. The van der Waals surface area contributed by atoms with E-state index in [1.807, 2.05) is 24.3 Å². The van der Waals surface area contributed by atoms with E-state index in [2.05, 4.69) is 20.4 Å². The highest BCUT2D eigenvalue weighted by Crippen LogP contribution is 2.16. The molecule has 1 aromatic heterocycles. The van der Waals surface area contributed by atoms with E-state index < -0.39 is 12.8 Å². The summed E-state index contributed by atoms with van der Waals surface area (Å²) < 4.78 is 52.0. The normalized spacial score (nSPS) is 16.6. The first kappa shape index (κ1) is 26.5. The van der Waals surface area contributed by atoms with Gasteiger partial charge in [0.15, 0.2) is 5.96 Å². The molecule has 0 aliphatic carbocycles. The van der Waals surface area contributed by atoms with E-state index in [4.69, 9.17) is 9.15 Å². The van der Waals surface area contributed by atoms with E-state index in [1.165, 1.54) is 0 Å². The van der Waals surface area contributed by atoms with Crippen LogP contribution in [-0.2, 0) is 29.0 Å². The maximum atomic E-state index is 12.2. The van der Waals surface area contributed by atoms with Crippen LogP contribution in [0.5, 0.6) is 0 Å². The summed E-state index contributed by atoms with van der Waals surface area (Å²) in [6.07, 6.45) is -0.884. The molecule has 2 aromatic rings. The topological polar surface area (TPSA) is 68.0 Å².